The number of fused-ring (bicyclic) bond motifs is 1. The fraction of sp³-hybridized carbons (Fsp3) is 0.400. The molecule has 0 fully saturated rings. The molecule has 0 bridgehead atoms. The lowest BCUT2D eigenvalue weighted by Gasteiger charge is -2.33. The van der Waals surface area contributed by atoms with Gasteiger partial charge in [0.2, 0.25) is 0 Å². The van der Waals surface area contributed by atoms with Gasteiger partial charge in [0, 0.05) is 29.4 Å². The summed E-state index contributed by atoms with van der Waals surface area (Å²) in [6.07, 6.45) is 3.02. The lowest BCUT2D eigenvalue weighted by Crippen LogP contribution is -2.30. The van der Waals surface area contributed by atoms with Crippen molar-refractivity contribution in [3.63, 3.8) is 0 Å². The average molecular weight is 295 g/mol. The lowest BCUT2D eigenvalue weighted by molar-refractivity contribution is 0.277. The molecule has 2 N–H and O–H groups in total. The molecule has 2 aromatic rings. The normalized spacial score (nSPS) is 20.4. The summed E-state index contributed by atoms with van der Waals surface area (Å²) in [4.78, 5) is 0. The first-order valence-electron chi connectivity index (χ1n) is 6.76. The minimum absolute atomic E-state index is 0.0563. The maximum absolute atomic E-state index is 14.0. The third-order valence-corrected chi connectivity index (χ3v) is 3.94. The summed E-state index contributed by atoms with van der Waals surface area (Å²) in [5.41, 5.74) is 7.56. The van der Waals surface area contributed by atoms with Crippen LogP contribution in [-0.4, -0.2) is 9.78 Å². The molecule has 1 aliphatic carbocycles. The molecule has 1 aromatic heterocycles. The standard InChI is InChI=1S/C15H16F3N3/c1-15(2)5-12(19)8-7-20-21(14(8)6-15)13-4-10(17)9(16)3-11(13)18/h3-4,7,12H,5-6,19H2,1-2H3. The van der Waals surface area contributed by atoms with Gasteiger partial charge in [-0.2, -0.15) is 5.10 Å². The monoisotopic (exact) mass is 295 g/mol. The van der Waals surface area contributed by atoms with E-state index in [-0.39, 0.29) is 17.1 Å². The molecule has 112 valence electrons. The molecule has 6 heteroatoms. The van der Waals surface area contributed by atoms with Crippen molar-refractivity contribution in [2.24, 2.45) is 11.1 Å². The number of halogens is 3. The van der Waals surface area contributed by atoms with E-state index in [2.05, 4.69) is 18.9 Å². The molecule has 21 heavy (non-hydrogen) atoms. The van der Waals surface area contributed by atoms with Gasteiger partial charge in [-0.25, -0.2) is 17.9 Å². The number of nitrogens with two attached hydrogens (primary N) is 1. The molecule has 0 saturated carbocycles. The van der Waals surface area contributed by atoms with Crippen molar-refractivity contribution in [1.82, 2.24) is 9.78 Å². The topological polar surface area (TPSA) is 43.8 Å². The molecular formula is C15H16F3N3. The second-order valence-corrected chi connectivity index (χ2v) is 6.33. The van der Waals surface area contributed by atoms with Crippen LogP contribution in [0.25, 0.3) is 5.69 Å². The zero-order chi connectivity index (χ0) is 15.4. The maximum Gasteiger partial charge on any atom is 0.161 e. The highest BCUT2D eigenvalue weighted by molar-refractivity contribution is 5.39. The quantitative estimate of drug-likeness (QED) is 0.821. The van der Waals surface area contributed by atoms with Crippen LogP contribution in [0.5, 0.6) is 0 Å². The summed E-state index contributed by atoms with van der Waals surface area (Å²) in [7, 11) is 0. The Hall–Kier alpha value is -1.82. The van der Waals surface area contributed by atoms with E-state index >= 15 is 0 Å². The van der Waals surface area contributed by atoms with Gasteiger partial charge in [-0.3, -0.25) is 0 Å². The van der Waals surface area contributed by atoms with Crippen molar-refractivity contribution in [3.05, 3.63) is 47.0 Å². The Morgan fingerprint density at radius 3 is 2.57 bits per heavy atom. The van der Waals surface area contributed by atoms with E-state index in [0.29, 0.717) is 12.5 Å². The molecule has 0 aliphatic heterocycles. The van der Waals surface area contributed by atoms with Crippen LogP contribution in [0.15, 0.2) is 18.3 Å². The van der Waals surface area contributed by atoms with E-state index in [0.717, 1.165) is 23.7 Å². The molecule has 0 saturated heterocycles. The third-order valence-electron chi connectivity index (χ3n) is 3.94. The number of aromatic nitrogens is 2. The summed E-state index contributed by atoms with van der Waals surface area (Å²) in [6.45, 7) is 4.13. The van der Waals surface area contributed by atoms with Gasteiger partial charge in [-0.05, 0) is 18.3 Å². The van der Waals surface area contributed by atoms with E-state index in [9.17, 15) is 13.2 Å². The molecular weight excluding hydrogens is 279 g/mol. The van der Waals surface area contributed by atoms with Crippen LogP contribution >= 0.6 is 0 Å². The van der Waals surface area contributed by atoms with Crippen molar-refractivity contribution < 1.29 is 13.2 Å². The zero-order valence-electron chi connectivity index (χ0n) is 11.8. The number of benzene rings is 1. The largest absolute Gasteiger partial charge is 0.324 e. The molecule has 1 unspecified atom stereocenters. The number of rotatable bonds is 1. The van der Waals surface area contributed by atoms with Crippen LogP contribution in [0.1, 0.15) is 37.6 Å². The smallest absolute Gasteiger partial charge is 0.161 e. The van der Waals surface area contributed by atoms with Gasteiger partial charge >= 0.3 is 0 Å². The summed E-state index contributed by atoms with van der Waals surface area (Å²) in [5.74, 6) is -3.17. The molecule has 1 aliphatic rings. The Bertz CT molecular complexity index is 706. The zero-order valence-corrected chi connectivity index (χ0v) is 11.8. The Morgan fingerprint density at radius 1 is 1.19 bits per heavy atom. The molecule has 1 atom stereocenters. The van der Waals surface area contributed by atoms with Gasteiger partial charge in [0.15, 0.2) is 17.5 Å². The van der Waals surface area contributed by atoms with Gasteiger partial charge in [0.1, 0.15) is 5.69 Å². The predicted molar refractivity (Wildman–Crippen MR) is 72.5 cm³/mol. The maximum atomic E-state index is 14.0. The van der Waals surface area contributed by atoms with Crippen LogP contribution in [0.3, 0.4) is 0 Å². The van der Waals surface area contributed by atoms with Crippen molar-refractivity contribution in [2.45, 2.75) is 32.7 Å². The highest BCUT2D eigenvalue weighted by Gasteiger charge is 2.34. The fourth-order valence-electron chi connectivity index (χ4n) is 2.99. The van der Waals surface area contributed by atoms with E-state index in [4.69, 9.17) is 5.73 Å². The first-order chi connectivity index (χ1) is 9.78. The summed E-state index contributed by atoms with van der Waals surface area (Å²) in [5, 5.41) is 4.12. The van der Waals surface area contributed by atoms with Crippen molar-refractivity contribution in [2.75, 3.05) is 0 Å². The van der Waals surface area contributed by atoms with Crippen LogP contribution in [-0.2, 0) is 6.42 Å². The SMILES string of the molecule is CC1(C)Cc2c(cnn2-c2cc(F)c(F)cc2F)C(N)C1. The number of hydrogen-bond donors (Lipinski definition) is 1. The Morgan fingerprint density at radius 2 is 1.86 bits per heavy atom. The Kier molecular flexibility index (Phi) is 3.09. The van der Waals surface area contributed by atoms with Crippen molar-refractivity contribution in [1.29, 1.82) is 0 Å². The molecule has 1 heterocycles. The second kappa shape index (κ2) is 4.59. The minimum Gasteiger partial charge on any atom is -0.324 e. The number of hydrogen-bond acceptors (Lipinski definition) is 2. The third kappa shape index (κ3) is 2.33. The molecule has 1 aromatic carbocycles. The summed E-state index contributed by atoms with van der Waals surface area (Å²) >= 11 is 0. The van der Waals surface area contributed by atoms with Crippen molar-refractivity contribution in [3.8, 4) is 5.69 Å². The first-order valence-corrected chi connectivity index (χ1v) is 6.76. The Balaban J connectivity index is 2.16. The van der Waals surface area contributed by atoms with Crippen LogP contribution in [0.2, 0.25) is 0 Å². The van der Waals surface area contributed by atoms with E-state index in [1.807, 2.05) is 0 Å². The molecule has 0 spiro atoms. The average Bonchev–Trinajstić information content (AvgIpc) is 2.76. The van der Waals surface area contributed by atoms with E-state index in [1.165, 1.54) is 4.68 Å². The molecule has 0 amide bonds. The highest BCUT2D eigenvalue weighted by Crippen LogP contribution is 2.40. The molecule has 0 radical (unpaired) electrons. The van der Waals surface area contributed by atoms with E-state index < -0.39 is 17.5 Å². The van der Waals surface area contributed by atoms with Gasteiger partial charge in [-0.1, -0.05) is 13.8 Å². The fourth-order valence-corrected chi connectivity index (χ4v) is 2.99. The van der Waals surface area contributed by atoms with Gasteiger partial charge in [0.05, 0.1) is 6.20 Å². The number of nitrogens with zero attached hydrogens (tertiary/aromatic N) is 2. The van der Waals surface area contributed by atoms with Crippen LogP contribution in [0.4, 0.5) is 13.2 Å². The van der Waals surface area contributed by atoms with E-state index in [1.54, 1.807) is 6.20 Å². The predicted octanol–water partition coefficient (Wildman–Crippen LogP) is 3.26. The van der Waals surface area contributed by atoms with Gasteiger partial charge in [-0.15, -0.1) is 0 Å². The highest BCUT2D eigenvalue weighted by atomic mass is 19.2. The first kappa shape index (κ1) is 14.1. The lowest BCUT2D eigenvalue weighted by atomic mass is 9.74. The molecule has 3 nitrogen and oxygen atoms in total. The molecule has 3 rings (SSSR count). The van der Waals surface area contributed by atoms with Crippen molar-refractivity contribution >= 4 is 0 Å². The van der Waals surface area contributed by atoms with Crippen LogP contribution in [0, 0.1) is 22.9 Å². The Labute approximate surface area is 120 Å². The van der Waals surface area contributed by atoms with Gasteiger partial charge < -0.3 is 5.73 Å². The summed E-state index contributed by atoms with van der Waals surface area (Å²) in [6, 6.07) is 1.17. The van der Waals surface area contributed by atoms with Gasteiger partial charge in [0.25, 0.3) is 0 Å². The minimum atomic E-state index is -1.21. The second-order valence-electron chi connectivity index (χ2n) is 6.33. The van der Waals surface area contributed by atoms with Crippen LogP contribution < -0.4 is 5.73 Å². The summed E-state index contributed by atoms with van der Waals surface area (Å²) < 4.78 is 41.7.